The third-order valence-corrected chi connectivity index (χ3v) is 3.95. The molecule has 2 aliphatic rings. The number of aliphatic imine (C=N–C) groups is 1. The molecule has 19 heavy (non-hydrogen) atoms. The van der Waals surface area contributed by atoms with Crippen molar-refractivity contribution in [2.24, 2.45) is 22.4 Å². The van der Waals surface area contributed by atoms with E-state index in [1.54, 1.807) is 0 Å². The van der Waals surface area contributed by atoms with Gasteiger partial charge in [-0.2, -0.15) is 5.26 Å². The van der Waals surface area contributed by atoms with Crippen molar-refractivity contribution >= 4 is 5.96 Å². The van der Waals surface area contributed by atoms with Crippen LogP contribution in [0.2, 0.25) is 0 Å². The Morgan fingerprint density at radius 2 is 2.00 bits per heavy atom. The fraction of sp³-hybridized carbons (Fsp3) is 0.692. The molecule has 6 nitrogen and oxygen atoms in total. The average molecular weight is 265 g/mol. The van der Waals surface area contributed by atoms with Crippen molar-refractivity contribution in [2.45, 2.75) is 44.6 Å². The molecular weight excluding hydrogens is 242 g/mol. The van der Waals surface area contributed by atoms with Crippen LogP contribution >= 0.6 is 0 Å². The standard InChI is InChI=1S/C12H19N5.CH4O/c1-2-8-3-5-12(6-4-8)9(7-13)10(14)16-11(15)17-12;1-2/h8H,2-6,14H2,1H3,(H3,15,16,17);2H,1H3. The Kier molecular flexibility index (Phi) is 5.19. The minimum absolute atomic E-state index is 0.330. The minimum atomic E-state index is -0.458. The van der Waals surface area contributed by atoms with Gasteiger partial charge in [0.05, 0.1) is 5.57 Å². The number of hydrogen-bond acceptors (Lipinski definition) is 6. The zero-order chi connectivity index (χ0) is 14.5. The molecule has 0 unspecified atom stereocenters. The molecule has 6 N–H and O–H groups in total. The fourth-order valence-electron chi connectivity index (χ4n) is 2.86. The van der Waals surface area contributed by atoms with E-state index in [1.165, 1.54) is 6.42 Å². The van der Waals surface area contributed by atoms with E-state index < -0.39 is 5.54 Å². The molecule has 0 aromatic rings. The zero-order valence-corrected chi connectivity index (χ0v) is 11.6. The second kappa shape index (κ2) is 6.43. The molecule has 1 aliphatic carbocycles. The number of rotatable bonds is 1. The van der Waals surface area contributed by atoms with Gasteiger partial charge in [-0.3, -0.25) is 0 Å². The third kappa shape index (κ3) is 2.99. The van der Waals surface area contributed by atoms with Crippen molar-refractivity contribution in [2.75, 3.05) is 7.11 Å². The van der Waals surface area contributed by atoms with Gasteiger partial charge in [-0.25, -0.2) is 4.99 Å². The predicted octanol–water partition coefficient (Wildman–Crippen LogP) is 0.546. The normalized spacial score (nSPS) is 29.8. The lowest BCUT2D eigenvalue weighted by Crippen LogP contribution is -2.48. The van der Waals surface area contributed by atoms with Gasteiger partial charge in [0.15, 0.2) is 5.96 Å². The predicted molar refractivity (Wildman–Crippen MR) is 74.7 cm³/mol. The van der Waals surface area contributed by atoms with E-state index in [0.29, 0.717) is 17.4 Å². The van der Waals surface area contributed by atoms with E-state index in [9.17, 15) is 5.26 Å². The summed E-state index contributed by atoms with van der Waals surface area (Å²) >= 11 is 0. The lowest BCUT2D eigenvalue weighted by atomic mass is 9.72. The quantitative estimate of drug-likeness (QED) is 0.551. The molecule has 1 fully saturated rings. The third-order valence-electron chi connectivity index (χ3n) is 3.95. The molecule has 0 atom stereocenters. The van der Waals surface area contributed by atoms with Crippen molar-refractivity contribution in [1.29, 1.82) is 5.26 Å². The first-order chi connectivity index (χ1) is 9.11. The second-order valence-corrected chi connectivity index (χ2v) is 4.91. The first-order valence-electron chi connectivity index (χ1n) is 6.58. The van der Waals surface area contributed by atoms with Gasteiger partial charge in [-0.1, -0.05) is 13.3 Å². The monoisotopic (exact) mass is 265 g/mol. The van der Waals surface area contributed by atoms with Crippen molar-refractivity contribution in [3.8, 4) is 6.07 Å². The first-order valence-corrected chi connectivity index (χ1v) is 6.58. The van der Waals surface area contributed by atoms with E-state index >= 15 is 0 Å². The van der Waals surface area contributed by atoms with Crippen LogP contribution in [0.5, 0.6) is 0 Å². The Balaban J connectivity index is 0.000000861. The van der Waals surface area contributed by atoms with Crippen LogP contribution in [-0.4, -0.2) is 23.7 Å². The number of nitriles is 1. The molecule has 1 aliphatic heterocycles. The van der Waals surface area contributed by atoms with Crippen LogP contribution in [-0.2, 0) is 0 Å². The summed E-state index contributed by atoms with van der Waals surface area (Å²) in [5.41, 5.74) is 11.7. The molecule has 0 aromatic carbocycles. The van der Waals surface area contributed by atoms with E-state index in [1.807, 2.05) is 0 Å². The van der Waals surface area contributed by atoms with Crippen LogP contribution < -0.4 is 16.8 Å². The summed E-state index contributed by atoms with van der Waals surface area (Å²) in [6, 6.07) is 2.20. The first kappa shape index (κ1) is 15.3. The van der Waals surface area contributed by atoms with Crippen LogP contribution in [0, 0.1) is 17.2 Å². The van der Waals surface area contributed by atoms with Crippen LogP contribution in [0.4, 0.5) is 0 Å². The van der Waals surface area contributed by atoms with Gasteiger partial charge in [-0.05, 0) is 31.6 Å². The van der Waals surface area contributed by atoms with Crippen molar-refractivity contribution in [1.82, 2.24) is 5.32 Å². The van der Waals surface area contributed by atoms with Crippen molar-refractivity contribution in [3.05, 3.63) is 11.4 Å². The van der Waals surface area contributed by atoms with Gasteiger partial charge >= 0.3 is 0 Å². The smallest absolute Gasteiger partial charge is 0.195 e. The average Bonchev–Trinajstić information content (AvgIpc) is 2.41. The van der Waals surface area contributed by atoms with Crippen LogP contribution in [0.25, 0.3) is 0 Å². The molecule has 0 bridgehead atoms. The molecule has 2 rings (SSSR count). The maximum atomic E-state index is 9.25. The highest BCUT2D eigenvalue weighted by Gasteiger charge is 2.42. The highest BCUT2D eigenvalue weighted by Crippen LogP contribution is 2.42. The SMILES string of the molecule is CCC1CCC2(CC1)N=C(N)NC(N)=C2C#N.CO. The number of nitrogens with zero attached hydrogens (tertiary/aromatic N) is 2. The topological polar surface area (TPSA) is 120 Å². The Morgan fingerprint density at radius 3 is 2.47 bits per heavy atom. The summed E-state index contributed by atoms with van der Waals surface area (Å²) in [4.78, 5) is 4.47. The summed E-state index contributed by atoms with van der Waals surface area (Å²) in [5, 5.41) is 19.0. The highest BCUT2D eigenvalue weighted by molar-refractivity contribution is 5.82. The van der Waals surface area contributed by atoms with Crippen molar-refractivity contribution in [3.63, 3.8) is 0 Å². The number of guanidine groups is 1. The Morgan fingerprint density at radius 1 is 1.42 bits per heavy atom. The van der Waals surface area contributed by atoms with E-state index in [4.69, 9.17) is 16.6 Å². The van der Waals surface area contributed by atoms with Crippen molar-refractivity contribution < 1.29 is 5.11 Å². The maximum absolute atomic E-state index is 9.25. The maximum Gasteiger partial charge on any atom is 0.195 e. The molecule has 0 amide bonds. The number of hydrogen-bond donors (Lipinski definition) is 4. The largest absolute Gasteiger partial charge is 0.400 e. The van der Waals surface area contributed by atoms with Gasteiger partial charge < -0.3 is 21.9 Å². The van der Waals surface area contributed by atoms with Gasteiger partial charge in [0.2, 0.25) is 0 Å². The van der Waals surface area contributed by atoms with Gasteiger partial charge in [-0.15, -0.1) is 0 Å². The molecule has 0 saturated heterocycles. The fourth-order valence-corrected chi connectivity index (χ4v) is 2.86. The van der Waals surface area contributed by atoms with E-state index in [-0.39, 0.29) is 0 Å². The lowest BCUT2D eigenvalue weighted by Gasteiger charge is -2.39. The summed E-state index contributed by atoms with van der Waals surface area (Å²) in [7, 11) is 1.00. The lowest BCUT2D eigenvalue weighted by molar-refractivity contribution is 0.261. The second-order valence-electron chi connectivity index (χ2n) is 4.91. The summed E-state index contributed by atoms with van der Waals surface area (Å²) < 4.78 is 0. The van der Waals surface area contributed by atoms with E-state index in [0.717, 1.165) is 38.7 Å². The number of nitrogens with one attached hydrogen (secondary N) is 1. The van der Waals surface area contributed by atoms with Crippen LogP contribution in [0.3, 0.4) is 0 Å². The highest BCUT2D eigenvalue weighted by atomic mass is 16.2. The molecular formula is C13H23N5O. The van der Waals surface area contributed by atoms with Gasteiger partial charge in [0.1, 0.15) is 17.4 Å². The molecule has 1 spiro atoms. The van der Waals surface area contributed by atoms with Gasteiger partial charge in [0, 0.05) is 7.11 Å². The van der Waals surface area contributed by atoms with Gasteiger partial charge in [0.25, 0.3) is 0 Å². The Hall–Kier alpha value is -1.74. The van der Waals surface area contributed by atoms with Crippen LogP contribution in [0.1, 0.15) is 39.0 Å². The minimum Gasteiger partial charge on any atom is -0.400 e. The Labute approximate surface area is 114 Å². The molecule has 1 heterocycles. The molecule has 0 aromatic heterocycles. The zero-order valence-electron chi connectivity index (χ0n) is 11.6. The van der Waals surface area contributed by atoms with E-state index in [2.05, 4.69) is 23.3 Å². The molecule has 1 saturated carbocycles. The molecule has 106 valence electrons. The number of aliphatic hydroxyl groups is 1. The Bertz CT molecular complexity index is 413. The molecule has 6 heteroatoms. The summed E-state index contributed by atoms with van der Waals surface area (Å²) in [6.07, 6.45) is 5.11. The molecule has 0 radical (unpaired) electrons. The number of aliphatic hydroxyl groups excluding tert-OH is 1. The van der Waals surface area contributed by atoms with Crippen LogP contribution in [0.15, 0.2) is 16.4 Å². The number of nitrogens with two attached hydrogens (primary N) is 2. The summed E-state index contributed by atoms with van der Waals surface area (Å²) in [6.45, 7) is 2.21. The summed E-state index contributed by atoms with van der Waals surface area (Å²) in [5.74, 6) is 1.44.